The van der Waals surface area contributed by atoms with Crippen molar-refractivity contribution >= 4 is 11.0 Å². The van der Waals surface area contributed by atoms with Crippen LogP contribution in [0.25, 0.3) is 22.2 Å². The van der Waals surface area contributed by atoms with Crippen molar-refractivity contribution in [3.63, 3.8) is 0 Å². The van der Waals surface area contributed by atoms with Gasteiger partial charge < -0.3 is 4.98 Å². The molecule has 1 radical (unpaired) electrons. The van der Waals surface area contributed by atoms with Crippen LogP contribution in [-0.4, -0.2) is 28.0 Å². The average molecular weight is 304 g/mol. The fourth-order valence-corrected chi connectivity index (χ4v) is 3.47. The van der Waals surface area contributed by atoms with E-state index in [-0.39, 0.29) is 0 Å². The van der Waals surface area contributed by atoms with Crippen LogP contribution in [0.1, 0.15) is 25.0 Å². The molecule has 1 N–H and O–H groups in total. The maximum Gasteiger partial charge on any atom is 0.137 e. The number of benzene rings is 1. The molecule has 3 heterocycles. The molecule has 2 aromatic heterocycles. The number of fused-ring (bicyclic) bond motifs is 2. The summed E-state index contributed by atoms with van der Waals surface area (Å²) >= 11 is 0. The number of hydrogen-bond acceptors (Lipinski definition) is 2. The van der Waals surface area contributed by atoms with E-state index in [2.05, 4.69) is 59.0 Å². The van der Waals surface area contributed by atoms with E-state index in [1.165, 1.54) is 33.6 Å². The van der Waals surface area contributed by atoms with Crippen LogP contribution >= 0.6 is 0 Å². The van der Waals surface area contributed by atoms with Gasteiger partial charge >= 0.3 is 0 Å². The first-order chi connectivity index (χ1) is 11.2. The highest BCUT2D eigenvalue weighted by Crippen LogP contribution is 2.27. The Morgan fingerprint density at radius 3 is 2.91 bits per heavy atom. The summed E-state index contributed by atoms with van der Waals surface area (Å²) < 4.78 is 0. The van der Waals surface area contributed by atoms with Gasteiger partial charge in [-0.3, -0.25) is 4.90 Å². The van der Waals surface area contributed by atoms with Gasteiger partial charge in [-0.05, 0) is 41.2 Å². The smallest absolute Gasteiger partial charge is 0.137 e. The Hall–Kier alpha value is -2.13. The number of hydrogen-bond donors (Lipinski definition) is 1. The molecule has 0 saturated heterocycles. The van der Waals surface area contributed by atoms with Gasteiger partial charge in [0.1, 0.15) is 5.65 Å². The van der Waals surface area contributed by atoms with Crippen molar-refractivity contribution in [1.82, 2.24) is 14.9 Å². The van der Waals surface area contributed by atoms with E-state index in [4.69, 9.17) is 0 Å². The second kappa shape index (κ2) is 5.82. The number of rotatable bonds is 3. The summed E-state index contributed by atoms with van der Waals surface area (Å²) in [5, 5.41) is 1.17. The van der Waals surface area contributed by atoms with Crippen molar-refractivity contribution in [3.05, 3.63) is 59.8 Å². The van der Waals surface area contributed by atoms with E-state index in [0.717, 1.165) is 31.7 Å². The predicted octanol–water partition coefficient (Wildman–Crippen LogP) is 4.20. The Labute approximate surface area is 137 Å². The summed E-state index contributed by atoms with van der Waals surface area (Å²) in [6, 6.07) is 11.2. The molecular weight excluding hydrogens is 282 g/mol. The number of aromatic nitrogens is 2. The van der Waals surface area contributed by atoms with E-state index < -0.39 is 0 Å². The molecule has 0 spiro atoms. The van der Waals surface area contributed by atoms with Gasteiger partial charge in [0, 0.05) is 43.0 Å². The van der Waals surface area contributed by atoms with Gasteiger partial charge in [-0.25, -0.2) is 4.98 Å². The molecule has 0 atom stereocenters. The maximum absolute atomic E-state index is 4.51. The van der Waals surface area contributed by atoms with E-state index in [1.54, 1.807) is 0 Å². The molecule has 0 saturated carbocycles. The number of nitrogens with one attached hydrogen (secondary N) is 1. The first-order valence-corrected chi connectivity index (χ1v) is 8.26. The Bertz CT molecular complexity index is 832. The molecule has 117 valence electrons. The third-order valence-corrected chi connectivity index (χ3v) is 4.57. The predicted molar refractivity (Wildman–Crippen MR) is 95.1 cm³/mol. The molecule has 1 aromatic carbocycles. The zero-order valence-corrected chi connectivity index (χ0v) is 13.8. The summed E-state index contributed by atoms with van der Waals surface area (Å²) in [6.07, 6.45) is 5.04. The topological polar surface area (TPSA) is 31.9 Å². The van der Waals surface area contributed by atoms with Gasteiger partial charge in [0.05, 0.1) is 0 Å². The summed E-state index contributed by atoms with van der Waals surface area (Å²) in [5.41, 5.74) is 6.37. The minimum Gasteiger partial charge on any atom is -0.346 e. The lowest BCUT2D eigenvalue weighted by Gasteiger charge is -2.30. The molecule has 1 aliphatic rings. The van der Waals surface area contributed by atoms with Gasteiger partial charge in [0.15, 0.2) is 0 Å². The molecule has 0 amide bonds. The van der Waals surface area contributed by atoms with Crippen LogP contribution in [-0.2, 0) is 13.0 Å². The van der Waals surface area contributed by atoms with Gasteiger partial charge in [0.25, 0.3) is 0 Å². The van der Waals surface area contributed by atoms with Crippen LogP contribution < -0.4 is 0 Å². The fraction of sp³-hybridized carbons (Fsp3) is 0.300. The zero-order valence-electron chi connectivity index (χ0n) is 13.8. The summed E-state index contributed by atoms with van der Waals surface area (Å²) in [6.45, 7) is 7.74. The fourth-order valence-electron chi connectivity index (χ4n) is 3.47. The van der Waals surface area contributed by atoms with E-state index >= 15 is 0 Å². The third-order valence-electron chi connectivity index (χ3n) is 4.57. The summed E-state index contributed by atoms with van der Waals surface area (Å²) in [5.74, 6) is 1.48. The van der Waals surface area contributed by atoms with Crippen LogP contribution in [0.3, 0.4) is 0 Å². The highest BCUT2D eigenvalue weighted by Gasteiger charge is 2.17. The largest absolute Gasteiger partial charge is 0.346 e. The van der Waals surface area contributed by atoms with E-state index in [9.17, 15) is 0 Å². The molecule has 4 rings (SSSR count). The lowest BCUT2D eigenvalue weighted by molar-refractivity contribution is 0.264. The minimum absolute atomic E-state index is 0.952. The van der Waals surface area contributed by atoms with Crippen LogP contribution in [0.2, 0.25) is 0 Å². The average Bonchev–Trinajstić information content (AvgIpc) is 3.01. The Kier molecular flexibility index (Phi) is 3.66. The van der Waals surface area contributed by atoms with Gasteiger partial charge in [-0.15, -0.1) is 0 Å². The van der Waals surface area contributed by atoms with Crippen molar-refractivity contribution in [2.75, 3.05) is 13.1 Å². The number of pyridine rings is 1. The minimum atomic E-state index is 0.952. The number of H-pyrrole nitrogens is 1. The molecule has 0 unspecified atom stereocenters. The molecule has 1 aliphatic heterocycles. The molecule has 3 aromatic rings. The molecule has 0 bridgehead atoms. The Morgan fingerprint density at radius 2 is 2.04 bits per heavy atom. The first kappa shape index (κ1) is 14.5. The SMILES string of the molecule is C[C](C)CN1CCc2cc(-c3cnc4[nH]ccc4c3)ccc2C1. The molecule has 23 heavy (non-hydrogen) atoms. The Morgan fingerprint density at radius 1 is 1.13 bits per heavy atom. The van der Waals surface area contributed by atoms with Crippen molar-refractivity contribution in [1.29, 1.82) is 0 Å². The molecule has 3 heteroatoms. The number of aromatic amines is 1. The molecule has 0 aliphatic carbocycles. The second-order valence-corrected chi connectivity index (χ2v) is 6.79. The maximum atomic E-state index is 4.51. The van der Waals surface area contributed by atoms with Gasteiger partial charge in [-0.1, -0.05) is 32.0 Å². The number of nitrogens with zero attached hydrogens (tertiary/aromatic N) is 2. The Balaban J connectivity index is 1.62. The van der Waals surface area contributed by atoms with E-state index in [0.29, 0.717) is 0 Å². The first-order valence-electron chi connectivity index (χ1n) is 8.26. The lowest BCUT2D eigenvalue weighted by Crippen LogP contribution is -2.32. The van der Waals surface area contributed by atoms with Crippen LogP contribution in [0.5, 0.6) is 0 Å². The molecule has 0 fully saturated rings. The lowest BCUT2D eigenvalue weighted by atomic mass is 9.94. The third kappa shape index (κ3) is 2.89. The van der Waals surface area contributed by atoms with Crippen molar-refractivity contribution in [2.24, 2.45) is 0 Å². The highest BCUT2D eigenvalue weighted by atomic mass is 15.1. The second-order valence-electron chi connectivity index (χ2n) is 6.79. The van der Waals surface area contributed by atoms with Crippen molar-refractivity contribution < 1.29 is 0 Å². The van der Waals surface area contributed by atoms with E-state index in [1.807, 2.05) is 12.4 Å². The van der Waals surface area contributed by atoms with Crippen LogP contribution in [0.4, 0.5) is 0 Å². The standard InChI is InChI=1S/C20H22N3/c1-14(2)12-23-8-6-16-9-15(3-4-18(16)13-23)19-10-17-5-7-21-20(17)22-11-19/h3-5,7,9-11H,6,8,12-13H2,1-2H3,(H,21,22). The highest BCUT2D eigenvalue weighted by molar-refractivity contribution is 5.81. The van der Waals surface area contributed by atoms with Crippen molar-refractivity contribution in [3.8, 4) is 11.1 Å². The van der Waals surface area contributed by atoms with Crippen LogP contribution in [0, 0.1) is 5.92 Å². The van der Waals surface area contributed by atoms with Crippen molar-refractivity contribution in [2.45, 2.75) is 26.8 Å². The quantitative estimate of drug-likeness (QED) is 0.786. The van der Waals surface area contributed by atoms with Crippen LogP contribution in [0.15, 0.2) is 42.7 Å². The van der Waals surface area contributed by atoms with Gasteiger partial charge in [0.2, 0.25) is 0 Å². The zero-order chi connectivity index (χ0) is 15.8. The normalized spacial score (nSPS) is 15.3. The summed E-state index contributed by atoms with van der Waals surface area (Å²) in [4.78, 5) is 10.2. The molecular formula is C20H22N3. The van der Waals surface area contributed by atoms with Gasteiger partial charge in [-0.2, -0.15) is 0 Å². The monoisotopic (exact) mass is 304 g/mol. The molecule has 3 nitrogen and oxygen atoms in total. The summed E-state index contributed by atoms with van der Waals surface area (Å²) in [7, 11) is 0.